The van der Waals surface area contributed by atoms with Gasteiger partial charge in [-0.1, -0.05) is 66.7 Å². The average Bonchev–Trinajstić information content (AvgIpc) is 2.97. The molecule has 3 N–H and O–H groups in total. The summed E-state index contributed by atoms with van der Waals surface area (Å²) >= 11 is 0. The van der Waals surface area contributed by atoms with Crippen LogP contribution in [0.1, 0.15) is 74.1 Å². The van der Waals surface area contributed by atoms with E-state index in [0.29, 0.717) is 45.1 Å². The standard InChI is InChI=1S/C30H36N4O6/c35-27(12-8-9-13-28(36)33-39)32-31-20-23-16-18-24(19-17-23)21-34-26(25-10-4-3-5-11-25)22-40-30(38)15-7-2-1-6-14-29(34)37/h1-5,10-11,16-20,26,39H,6-9,12-15,21-22H2,(H,32,35)(H,33,36)/b2-1+,31-20+/t26-/m1/s1. The molecule has 0 saturated carbocycles. The summed E-state index contributed by atoms with van der Waals surface area (Å²) in [5, 5.41) is 12.5. The van der Waals surface area contributed by atoms with E-state index in [2.05, 4.69) is 10.5 Å². The van der Waals surface area contributed by atoms with Gasteiger partial charge in [-0.25, -0.2) is 10.9 Å². The number of amides is 3. The number of hydrazone groups is 1. The van der Waals surface area contributed by atoms with Crippen LogP contribution >= 0.6 is 0 Å². The molecule has 0 aromatic heterocycles. The summed E-state index contributed by atoms with van der Waals surface area (Å²) in [4.78, 5) is 50.3. The Hall–Kier alpha value is -4.31. The van der Waals surface area contributed by atoms with Gasteiger partial charge in [0.15, 0.2) is 0 Å². The molecule has 10 heteroatoms. The van der Waals surface area contributed by atoms with Crippen LogP contribution in [-0.4, -0.2) is 46.6 Å². The normalized spacial score (nSPS) is 17.4. The third-order valence-electron chi connectivity index (χ3n) is 6.41. The van der Waals surface area contributed by atoms with E-state index >= 15 is 0 Å². The second-order valence-electron chi connectivity index (χ2n) is 9.46. The summed E-state index contributed by atoms with van der Waals surface area (Å²) in [6, 6.07) is 16.6. The third-order valence-corrected chi connectivity index (χ3v) is 6.41. The minimum atomic E-state index is -0.481. The van der Waals surface area contributed by atoms with Crippen molar-refractivity contribution in [3.63, 3.8) is 0 Å². The number of esters is 1. The summed E-state index contributed by atoms with van der Waals surface area (Å²) in [5.74, 6) is -1.07. The quantitative estimate of drug-likeness (QED) is 0.103. The summed E-state index contributed by atoms with van der Waals surface area (Å²) in [6.07, 6.45) is 8.58. The third kappa shape index (κ3) is 10.5. The van der Waals surface area contributed by atoms with Crippen molar-refractivity contribution >= 4 is 29.9 Å². The van der Waals surface area contributed by atoms with Gasteiger partial charge in [0, 0.05) is 32.2 Å². The number of hydroxylamine groups is 1. The highest BCUT2D eigenvalue weighted by molar-refractivity contribution is 5.82. The van der Waals surface area contributed by atoms with Crippen LogP contribution in [0.3, 0.4) is 0 Å². The first-order valence-corrected chi connectivity index (χ1v) is 13.4. The zero-order valence-electron chi connectivity index (χ0n) is 22.5. The van der Waals surface area contributed by atoms with E-state index < -0.39 is 11.9 Å². The van der Waals surface area contributed by atoms with Crippen molar-refractivity contribution in [3.05, 3.63) is 83.4 Å². The number of hydrogen-bond acceptors (Lipinski definition) is 7. The molecule has 1 aliphatic heterocycles. The molecule has 0 radical (unpaired) electrons. The van der Waals surface area contributed by atoms with Crippen molar-refractivity contribution in [1.29, 1.82) is 0 Å². The lowest BCUT2D eigenvalue weighted by Gasteiger charge is -2.32. The number of rotatable bonds is 10. The van der Waals surface area contributed by atoms with Crippen LogP contribution in [0.15, 0.2) is 71.9 Å². The SMILES string of the molecule is O=C(CCCCC(=O)N/N=C/c1ccc(CN2C(=O)CC/C=C/CCC(=O)OC[C@@H]2c2ccccc2)cc1)NO. The molecule has 3 rings (SSSR count). The van der Waals surface area contributed by atoms with Gasteiger partial charge in [-0.15, -0.1) is 0 Å². The molecule has 212 valence electrons. The Morgan fingerprint density at radius 3 is 2.33 bits per heavy atom. The number of nitrogens with zero attached hydrogens (tertiary/aromatic N) is 2. The van der Waals surface area contributed by atoms with Gasteiger partial charge in [0.1, 0.15) is 6.61 Å². The zero-order valence-corrected chi connectivity index (χ0v) is 22.5. The van der Waals surface area contributed by atoms with Gasteiger partial charge in [-0.3, -0.25) is 24.4 Å². The maximum absolute atomic E-state index is 13.4. The first-order valence-electron chi connectivity index (χ1n) is 13.4. The topological polar surface area (TPSA) is 137 Å². The maximum Gasteiger partial charge on any atom is 0.306 e. The Labute approximate surface area is 234 Å². The van der Waals surface area contributed by atoms with Gasteiger partial charge in [0.25, 0.3) is 0 Å². The van der Waals surface area contributed by atoms with Crippen LogP contribution in [0.25, 0.3) is 0 Å². The molecule has 40 heavy (non-hydrogen) atoms. The van der Waals surface area contributed by atoms with Crippen molar-refractivity contribution in [1.82, 2.24) is 15.8 Å². The minimum Gasteiger partial charge on any atom is -0.463 e. The number of ether oxygens (including phenoxy) is 1. The van der Waals surface area contributed by atoms with Gasteiger partial charge in [0.2, 0.25) is 17.7 Å². The molecule has 0 unspecified atom stereocenters. The number of cyclic esters (lactones) is 1. The number of carbonyl (C=O) groups excluding carboxylic acids is 4. The Bertz CT molecular complexity index is 1180. The fourth-order valence-corrected chi connectivity index (χ4v) is 4.21. The second-order valence-corrected chi connectivity index (χ2v) is 9.46. The molecule has 0 saturated heterocycles. The Balaban J connectivity index is 1.65. The first-order chi connectivity index (χ1) is 19.5. The van der Waals surface area contributed by atoms with Crippen LogP contribution in [0.4, 0.5) is 0 Å². The first kappa shape index (κ1) is 30.2. The van der Waals surface area contributed by atoms with Crippen LogP contribution in [-0.2, 0) is 30.5 Å². The predicted molar refractivity (Wildman–Crippen MR) is 149 cm³/mol. The zero-order chi connectivity index (χ0) is 28.6. The van der Waals surface area contributed by atoms with Gasteiger partial charge in [0.05, 0.1) is 12.3 Å². The summed E-state index contributed by atoms with van der Waals surface area (Å²) in [6.45, 7) is 0.416. The van der Waals surface area contributed by atoms with E-state index in [1.54, 1.807) is 10.4 Å². The predicted octanol–water partition coefficient (Wildman–Crippen LogP) is 3.95. The van der Waals surface area contributed by atoms with Gasteiger partial charge >= 0.3 is 5.97 Å². The number of benzene rings is 2. The number of allylic oxidation sites excluding steroid dienone is 2. The smallest absolute Gasteiger partial charge is 0.306 e. The Kier molecular flexibility index (Phi) is 12.6. The van der Waals surface area contributed by atoms with Gasteiger partial charge < -0.3 is 9.64 Å². The molecule has 1 atom stereocenters. The highest BCUT2D eigenvalue weighted by atomic mass is 16.5. The molecular weight excluding hydrogens is 512 g/mol. The average molecular weight is 549 g/mol. The molecule has 0 spiro atoms. The molecule has 1 heterocycles. The second kappa shape index (κ2) is 16.6. The summed E-state index contributed by atoms with van der Waals surface area (Å²) in [5.41, 5.74) is 6.58. The van der Waals surface area contributed by atoms with Crippen LogP contribution < -0.4 is 10.9 Å². The highest BCUT2D eigenvalue weighted by Gasteiger charge is 2.26. The lowest BCUT2D eigenvalue weighted by molar-refractivity contribution is -0.149. The van der Waals surface area contributed by atoms with Crippen molar-refractivity contribution in [2.75, 3.05) is 6.61 Å². The summed E-state index contributed by atoms with van der Waals surface area (Å²) < 4.78 is 5.58. The van der Waals surface area contributed by atoms with Crippen molar-refractivity contribution in [2.24, 2.45) is 5.10 Å². The fourth-order valence-electron chi connectivity index (χ4n) is 4.21. The molecular formula is C30H36N4O6. The van der Waals surface area contributed by atoms with Crippen LogP contribution in [0.2, 0.25) is 0 Å². The van der Waals surface area contributed by atoms with Gasteiger partial charge in [-0.2, -0.15) is 5.10 Å². The Morgan fingerprint density at radius 2 is 1.62 bits per heavy atom. The number of unbranched alkanes of at least 4 members (excludes halogenated alkanes) is 1. The minimum absolute atomic E-state index is 0.0273. The molecule has 2 aromatic rings. The fraction of sp³-hybridized carbons (Fsp3) is 0.367. The van der Waals surface area contributed by atoms with E-state index in [4.69, 9.17) is 9.94 Å². The monoisotopic (exact) mass is 548 g/mol. The van der Waals surface area contributed by atoms with E-state index in [0.717, 1.165) is 16.7 Å². The lowest BCUT2D eigenvalue weighted by Crippen LogP contribution is -2.37. The van der Waals surface area contributed by atoms with E-state index in [1.807, 2.05) is 66.7 Å². The Morgan fingerprint density at radius 1 is 0.950 bits per heavy atom. The molecule has 10 nitrogen and oxygen atoms in total. The number of carbonyl (C=O) groups is 4. The van der Waals surface area contributed by atoms with E-state index in [1.165, 1.54) is 6.21 Å². The van der Waals surface area contributed by atoms with Crippen molar-refractivity contribution in [3.8, 4) is 0 Å². The number of hydrogen-bond donors (Lipinski definition) is 3. The van der Waals surface area contributed by atoms with Crippen LogP contribution in [0.5, 0.6) is 0 Å². The van der Waals surface area contributed by atoms with E-state index in [-0.39, 0.29) is 37.2 Å². The van der Waals surface area contributed by atoms with Crippen molar-refractivity contribution < 1.29 is 29.1 Å². The van der Waals surface area contributed by atoms with Gasteiger partial charge in [-0.05, 0) is 42.4 Å². The molecule has 0 aliphatic carbocycles. The molecule has 3 amide bonds. The highest BCUT2D eigenvalue weighted by Crippen LogP contribution is 2.26. The molecule has 2 aromatic carbocycles. The number of nitrogens with one attached hydrogen (secondary N) is 2. The lowest BCUT2D eigenvalue weighted by atomic mass is 10.0. The summed E-state index contributed by atoms with van der Waals surface area (Å²) in [7, 11) is 0. The molecule has 0 bridgehead atoms. The van der Waals surface area contributed by atoms with E-state index in [9.17, 15) is 19.2 Å². The molecule has 0 fully saturated rings. The maximum atomic E-state index is 13.4. The molecule has 1 aliphatic rings. The van der Waals surface area contributed by atoms with Crippen LogP contribution in [0, 0.1) is 0 Å². The van der Waals surface area contributed by atoms with Crippen molar-refractivity contribution in [2.45, 2.75) is 64.0 Å². The largest absolute Gasteiger partial charge is 0.463 e.